The van der Waals surface area contributed by atoms with Crippen LogP contribution in [-0.4, -0.2) is 27.9 Å². The molecule has 2 heterocycles. The molecule has 0 aliphatic heterocycles. The zero-order chi connectivity index (χ0) is 16.1. The summed E-state index contributed by atoms with van der Waals surface area (Å²) in [6, 6.07) is 15.2. The highest BCUT2D eigenvalue weighted by molar-refractivity contribution is 5.80. The first-order chi connectivity index (χ1) is 11.2. The molecule has 1 aromatic carbocycles. The summed E-state index contributed by atoms with van der Waals surface area (Å²) in [6.07, 6.45) is 4.09. The van der Waals surface area contributed by atoms with Crippen molar-refractivity contribution in [3.05, 3.63) is 66.6 Å². The summed E-state index contributed by atoms with van der Waals surface area (Å²) in [5.41, 5.74) is 1.86. The van der Waals surface area contributed by atoms with E-state index in [-0.39, 0.29) is 5.91 Å². The largest absolute Gasteiger partial charge is 0.481 e. The van der Waals surface area contributed by atoms with Crippen molar-refractivity contribution in [2.24, 2.45) is 0 Å². The van der Waals surface area contributed by atoms with Gasteiger partial charge in [0.15, 0.2) is 6.10 Å². The molecule has 0 spiro atoms. The van der Waals surface area contributed by atoms with E-state index in [1.165, 1.54) is 0 Å². The Morgan fingerprint density at radius 2 is 2.00 bits per heavy atom. The fraction of sp³-hybridized carbons (Fsp3) is 0.222. The Labute approximate surface area is 134 Å². The predicted octanol–water partition coefficient (Wildman–Crippen LogP) is 2.46. The third kappa shape index (κ3) is 3.88. The van der Waals surface area contributed by atoms with Crippen molar-refractivity contribution < 1.29 is 9.53 Å². The van der Waals surface area contributed by atoms with Crippen molar-refractivity contribution in [3.8, 4) is 5.75 Å². The molecule has 0 radical (unpaired) electrons. The number of para-hydroxylation sites is 1. The van der Waals surface area contributed by atoms with Gasteiger partial charge in [-0.1, -0.05) is 24.3 Å². The number of pyridine rings is 1. The summed E-state index contributed by atoms with van der Waals surface area (Å²) in [5.74, 6) is 0.563. The quantitative estimate of drug-likeness (QED) is 0.761. The first kappa shape index (κ1) is 15.1. The van der Waals surface area contributed by atoms with Gasteiger partial charge in [-0.25, -0.2) is 4.98 Å². The zero-order valence-electron chi connectivity index (χ0n) is 13.0. The van der Waals surface area contributed by atoms with Crippen LogP contribution in [0.15, 0.2) is 60.9 Å². The summed E-state index contributed by atoms with van der Waals surface area (Å²) in [6.45, 7) is 2.28. The van der Waals surface area contributed by atoms with E-state index >= 15 is 0 Å². The average Bonchev–Trinajstić information content (AvgIpc) is 2.98. The summed E-state index contributed by atoms with van der Waals surface area (Å²) in [5, 5.41) is 2.88. The Morgan fingerprint density at radius 1 is 1.22 bits per heavy atom. The van der Waals surface area contributed by atoms with Gasteiger partial charge in [0.2, 0.25) is 0 Å². The second-order valence-electron chi connectivity index (χ2n) is 5.31. The number of carbonyl (C=O) groups is 1. The molecule has 23 heavy (non-hydrogen) atoms. The van der Waals surface area contributed by atoms with Gasteiger partial charge in [0, 0.05) is 25.4 Å². The van der Waals surface area contributed by atoms with Gasteiger partial charge in [0.05, 0.1) is 5.69 Å². The molecular weight excluding hydrogens is 290 g/mol. The van der Waals surface area contributed by atoms with E-state index in [1.54, 1.807) is 6.92 Å². The van der Waals surface area contributed by atoms with Crippen LogP contribution in [0.1, 0.15) is 12.6 Å². The lowest BCUT2D eigenvalue weighted by Crippen LogP contribution is -2.37. The molecule has 3 rings (SSSR count). The summed E-state index contributed by atoms with van der Waals surface area (Å²) in [7, 11) is 0. The standard InChI is InChI=1S/C18H19N3O2/c1-14(23-16-7-3-2-4-8-16)18(22)19-11-10-15-13-21-12-6-5-9-17(21)20-15/h2-9,12-14H,10-11H2,1H3,(H,19,22). The molecule has 2 aromatic heterocycles. The van der Waals surface area contributed by atoms with Crippen LogP contribution in [0.5, 0.6) is 5.75 Å². The fourth-order valence-corrected chi connectivity index (χ4v) is 2.32. The number of fused-ring (bicyclic) bond motifs is 1. The van der Waals surface area contributed by atoms with Crippen molar-refractivity contribution in [2.75, 3.05) is 6.54 Å². The number of amides is 1. The molecule has 1 amide bonds. The molecule has 1 N–H and O–H groups in total. The van der Waals surface area contributed by atoms with Gasteiger partial charge < -0.3 is 14.5 Å². The number of aromatic nitrogens is 2. The van der Waals surface area contributed by atoms with E-state index in [0.717, 1.165) is 11.3 Å². The molecule has 1 atom stereocenters. The van der Waals surface area contributed by atoms with Crippen molar-refractivity contribution in [1.82, 2.24) is 14.7 Å². The zero-order valence-corrected chi connectivity index (χ0v) is 13.0. The minimum atomic E-state index is -0.529. The highest BCUT2D eigenvalue weighted by Gasteiger charge is 2.14. The van der Waals surface area contributed by atoms with Crippen LogP contribution in [-0.2, 0) is 11.2 Å². The lowest BCUT2D eigenvalue weighted by molar-refractivity contribution is -0.127. The number of carbonyl (C=O) groups excluding carboxylic acids is 1. The molecule has 0 saturated heterocycles. The molecule has 0 aliphatic carbocycles. The van der Waals surface area contributed by atoms with Gasteiger partial charge in [-0.15, -0.1) is 0 Å². The van der Waals surface area contributed by atoms with Crippen LogP contribution in [0, 0.1) is 0 Å². The van der Waals surface area contributed by atoms with E-state index in [2.05, 4.69) is 10.3 Å². The van der Waals surface area contributed by atoms with Crippen LogP contribution in [0.3, 0.4) is 0 Å². The Morgan fingerprint density at radius 3 is 2.78 bits per heavy atom. The predicted molar refractivity (Wildman–Crippen MR) is 88.4 cm³/mol. The number of nitrogens with zero attached hydrogens (tertiary/aromatic N) is 2. The molecule has 0 bridgehead atoms. The lowest BCUT2D eigenvalue weighted by Gasteiger charge is -2.14. The lowest BCUT2D eigenvalue weighted by atomic mass is 10.3. The topological polar surface area (TPSA) is 55.6 Å². The molecule has 0 saturated carbocycles. The van der Waals surface area contributed by atoms with Crippen molar-refractivity contribution in [3.63, 3.8) is 0 Å². The van der Waals surface area contributed by atoms with Crippen molar-refractivity contribution in [2.45, 2.75) is 19.4 Å². The third-order valence-corrected chi connectivity index (χ3v) is 3.52. The highest BCUT2D eigenvalue weighted by atomic mass is 16.5. The third-order valence-electron chi connectivity index (χ3n) is 3.52. The highest BCUT2D eigenvalue weighted by Crippen LogP contribution is 2.10. The van der Waals surface area contributed by atoms with E-state index in [1.807, 2.05) is 65.3 Å². The SMILES string of the molecule is CC(Oc1ccccc1)C(=O)NCCc1cn2ccccc2n1. The molecule has 0 fully saturated rings. The monoisotopic (exact) mass is 309 g/mol. The molecule has 0 aliphatic rings. The van der Waals surface area contributed by atoms with E-state index in [0.29, 0.717) is 18.7 Å². The van der Waals surface area contributed by atoms with Crippen LogP contribution in [0.4, 0.5) is 0 Å². The molecule has 1 unspecified atom stereocenters. The molecule has 118 valence electrons. The van der Waals surface area contributed by atoms with Crippen molar-refractivity contribution >= 4 is 11.6 Å². The molecular formula is C18H19N3O2. The summed E-state index contributed by atoms with van der Waals surface area (Å²) < 4.78 is 7.57. The van der Waals surface area contributed by atoms with Gasteiger partial charge in [-0.05, 0) is 31.2 Å². The second kappa shape index (κ2) is 6.96. The fourth-order valence-electron chi connectivity index (χ4n) is 2.32. The number of nitrogens with one attached hydrogen (secondary N) is 1. The van der Waals surface area contributed by atoms with Crippen molar-refractivity contribution in [1.29, 1.82) is 0 Å². The van der Waals surface area contributed by atoms with Gasteiger partial charge in [0.1, 0.15) is 11.4 Å². The number of imidazole rings is 1. The Kier molecular flexibility index (Phi) is 4.57. The smallest absolute Gasteiger partial charge is 0.260 e. The van der Waals surface area contributed by atoms with Gasteiger partial charge in [0.25, 0.3) is 5.91 Å². The van der Waals surface area contributed by atoms with E-state index in [4.69, 9.17) is 4.74 Å². The number of benzene rings is 1. The van der Waals surface area contributed by atoms with Crippen LogP contribution < -0.4 is 10.1 Å². The molecule has 3 aromatic rings. The minimum Gasteiger partial charge on any atom is -0.481 e. The first-order valence-corrected chi connectivity index (χ1v) is 7.64. The normalized spacial score (nSPS) is 12.0. The maximum atomic E-state index is 12.0. The Bertz CT molecular complexity index is 750. The van der Waals surface area contributed by atoms with Crippen LogP contribution in [0.2, 0.25) is 0 Å². The van der Waals surface area contributed by atoms with Crippen LogP contribution >= 0.6 is 0 Å². The number of ether oxygens (including phenoxy) is 1. The summed E-state index contributed by atoms with van der Waals surface area (Å²) in [4.78, 5) is 16.6. The minimum absolute atomic E-state index is 0.127. The average molecular weight is 309 g/mol. The number of hydrogen-bond acceptors (Lipinski definition) is 3. The van der Waals surface area contributed by atoms with E-state index < -0.39 is 6.10 Å². The number of hydrogen-bond donors (Lipinski definition) is 1. The van der Waals surface area contributed by atoms with Gasteiger partial charge in [-0.2, -0.15) is 0 Å². The van der Waals surface area contributed by atoms with Crippen LogP contribution in [0.25, 0.3) is 5.65 Å². The number of rotatable bonds is 6. The molecule has 5 nitrogen and oxygen atoms in total. The maximum absolute atomic E-state index is 12.0. The Hall–Kier alpha value is -2.82. The first-order valence-electron chi connectivity index (χ1n) is 7.64. The van der Waals surface area contributed by atoms with Gasteiger partial charge >= 0.3 is 0 Å². The van der Waals surface area contributed by atoms with Gasteiger partial charge in [-0.3, -0.25) is 4.79 Å². The summed E-state index contributed by atoms with van der Waals surface area (Å²) >= 11 is 0. The second-order valence-corrected chi connectivity index (χ2v) is 5.31. The Balaban J connectivity index is 1.48. The molecule has 5 heteroatoms. The maximum Gasteiger partial charge on any atom is 0.260 e. The van der Waals surface area contributed by atoms with E-state index in [9.17, 15) is 4.79 Å².